The number of hydrogen-bond donors (Lipinski definition) is 0. The van der Waals surface area contributed by atoms with Crippen molar-refractivity contribution >= 4 is 26.7 Å². The molecule has 0 radical (unpaired) electrons. The molecule has 6 nitrogen and oxygen atoms in total. The van der Waals surface area contributed by atoms with Gasteiger partial charge in [0.2, 0.25) is 24.6 Å². The fourth-order valence-electron chi connectivity index (χ4n) is 2.31. The smallest absolute Gasteiger partial charge is 0.248 e. The van der Waals surface area contributed by atoms with E-state index in [4.69, 9.17) is 8.83 Å². The van der Waals surface area contributed by atoms with Crippen molar-refractivity contribution in [1.82, 2.24) is 20.4 Å². The molecule has 4 aromatic rings. The molecule has 4 rings (SSSR count). The van der Waals surface area contributed by atoms with E-state index in [0.717, 1.165) is 26.4 Å². The van der Waals surface area contributed by atoms with Crippen LogP contribution in [0.15, 0.2) is 56.4 Å². The van der Waals surface area contributed by atoms with E-state index in [1.54, 1.807) is 0 Å². The maximum Gasteiger partial charge on any atom is 0.248 e. The third-order valence-corrected chi connectivity index (χ3v) is 3.86. The predicted molar refractivity (Wildman–Crippen MR) is 78.2 cm³/mol. The molecule has 0 N–H and O–H groups in total. The quantitative estimate of drug-likeness (QED) is 0.552. The maximum atomic E-state index is 5.34. The van der Waals surface area contributed by atoms with Gasteiger partial charge in [0.05, 0.1) is 0 Å². The van der Waals surface area contributed by atoms with Crippen LogP contribution in [0, 0.1) is 0 Å². The average molecular weight is 343 g/mol. The van der Waals surface area contributed by atoms with Gasteiger partial charge in [0.15, 0.2) is 0 Å². The second-order valence-corrected chi connectivity index (χ2v) is 5.17. The molecular formula is C14H7BrN4O2. The second-order valence-electron chi connectivity index (χ2n) is 4.31. The number of halogens is 1. The number of aromatic nitrogens is 4. The van der Waals surface area contributed by atoms with Gasteiger partial charge in [-0.05, 0) is 23.6 Å². The zero-order chi connectivity index (χ0) is 14.2. The van der Waals surface area contributed by atoms with Gasteiger partial charge in [-0.2, -0.15) is 0 Å². The minimum absolute atomic E-state index is 0.444. The molecule has 0 amide bonds. The minimum atomic E-state index is 0.444. The first-order valence-electron chi connectivity index (χ1n) is 6.09. The summed E-state index contributed by atoms with van der Waals surface area (Å²) in [6.45, 7) is 0. The highest BCUT2D eigenvalue weighted by molar-refractivity contribution is 9.10. The Labute approximate surface area is 126 Å². The van der Waals surface area contributed by atoms with E-state index >= 15 is 0 Å². The zero-order valence-electron chi connectivity index (χ0n) is 10.5. The van der Waals surface area contributed by atoms with Gasteiger partial charge in [0, 0.05) is 21.0 Å². The third kappa shape index (κ3) is 1.93. The third-order valence-electron chi connectivity index (χ3n) is 3.17. The van der Waals surface area contributed by atoms with Crippen LogP contribution in [0.1, 0.15) is 0 Å². The van der Waals surface area contributed by atoms with Crippen LogP contribution >= 0.6 is 15.9 Å². The van der Waals surface area contributed by atoms with E-state index < -0.39 is 0 Å². The van der Waals surface area contributed by atoms with E-state index in [2.05, 4.69) is 36.3 Å². The minimum Gasteiger partial charge on any atom is -0.423 e. The fraction of sp³-hybridized carbons (Fsp3) is 0. The van der Waals surface area contributed by atoms with E-state index in [1.807, 2.05) is 30.3 Å². The number of nitrogens with zero attached hydrogens (tertiary/aromatic N) is 4. The van der Waals surface area contributed by atoms with Gasteiger partial charge in [-0.1, -0.05) is 28.1 Å². The standard InChI is InChI=1S/C14H7BrN4O2/c15-11-5-4-10(14-19-17-7-21-14)12-8(11)2-1-3-9(12)13-18-16-6-20-13/h1-7H. The van der Waals surface area contributed by atoms with Gasteiger partial charge >= 0.3 is 0 Å². The second kappa shape index (κ2) is 4.78. The lowest BCUT2D eigenvalue weighted by Crippen LogP contribution is -1.88. The van der Waals surface area contributed by atoms with Crippen LogP contribution in [-0.2, 0) is 0 Å². The molecule has 0 aliphatic heterocycles. The van der Waals surface area contributed by atoms with Gasteiger partial charge in [-0.25, -0.2) is 0 Å². The van der Waals surface area contributed by atoms with Gasteiger partial charge in [0.1, 0.15) is 0 Å². The first-order valence-corrected chi connectivity index (χ1v) is 6.88. The van der Waals surface area contributed by atoms with Crippen molar-refractivity contribution in [2.75, 3.05) is 0 Å². The Kier molecular flexibility index (Phi) is 2.78. The molecule has 102 valence electrons. The van der Waals surface area contributed by atoms with Crippen LogP contribution in [0.4, 0.5) is 0 Å². The van der Waals surface area contributed by atoms with Gasteiger partial charge in [-0.3, -0.25) is 0 Å². The summed E-state index contributed by atoms with van der Waals surface area (Å²) in [5.41, 5.74) is 1.64. The molecule has 0 spiro atoms. The highest BCUT2D eigenvalue weighted by atomic mass is 79.9. The number of hydrogen-bond acceptors (Lipinski definition) is 6. The Morgan fingerprint density at radius 2 is 1.48 bits per heavy atom. The molecule has 0 unspecified atom stereocenters. The molecular weight excluding hydrogens is 336 g/mol. The molecule has 0 atom stereocenters. The van der Waals surface area contributed by atoms with E-state index in [9.17, 15) is 0 Å². The summed E-state index contributed by atoms with van der Waals surface area (Å²) in [6.07, 6.45) is 2.61. The van der Waals surface area contributed by atoms with E-state index in [-0.39, 0.29) is 0 Å². The Morgan fingerprint density at radius 1 is 0.810 bits per heavy atom. The summed E-state index contributed by atoms with van der Waals surface area (Å²) in [5, 5.41) is 17.4. The van der Waals surface area contributed by atoms with Gasteiger partial charge in [0.25, 0.3) is 0 Å². The van der Waals surface area contributed by atoms with Crippen LogP contribution in [-0.4, -0.2) is 20.4 Å². The Balaban J connectivity index is 2.14. The Bertz CT molecular complexity index is 864. The molecule has 0 saturated carbocycles. The van der Waals surface area contributed by atoms with Gasteiger partial charge in [-0.15, -0.1) is 20.4 Å². The SMILES string of the molecule is Brc1ccc(-c2nnco2)c2c(-c3nnco3)cccc12. The van der Waals surface area contributed by atoms with E-state index in [0.29, 0.717) is 11.8 Å². The normalized spacial score (nSPS) is 11.1. The number of rotatable bonds is 2. The van der Waals surface area contributed by atoms with Crippen LogP contribution < -0.4 is 0 Å². The summed E-state index contributed by atoms with van der Waals surface area (Å²) in [4.78, 5) is 0. The van der Waals surface area contributed by atoms with Gasteiger partial charge < -0.3 is 8.83 Å². The Hall–Kier alpha value is -2.54. The van der Waals surface area contributed by atoms with Crippen molar-refractivity contribution in [1.29, 1.82) is 0 Å². The molecule has 7 heteroatoms. The summed E-state index contributed by atoms with van der Waals surface area (Å²) >= 11 is 3.56. The summed E-state index contributed by atoms with van der Waals surface area (Å²) in [5.74, 6) is 0.888. The molecule has 0 aliphatic carbocycles. The largest absolute Gasteiger partial charge is 0.423 e. The lowest BCUT2D eigenvalue weighted by atomic mass is 9.99. The summed E-state index contributed by atoms with van der Waals surface area (Å²) in [7, 11) is 0. The molecule has 2 aromatic carbocycles. The highest BCUT2D eigenvalue weighted by Gasteiger charge is 2.17. The van der Waals surface area contributed by atoms with Crippen LogP contribution in [0.25, 0.3) is 33.7 Å². The number of benzene rings is 2. The topological polar surface area (TPSA) is 77.8 Å². The van der Waals surface area contributed by atoms with Crippen molar-refractivity contribution in [2.24, 2.45) is 0 Å². The molecule has 21 heavy (non-hydrogen) atoms. The molecule has 0 bridgehead atoms. The van der Waals surface area contributed by atoms with Crippen LogP contribution in [0.2, 0.25) is 0 Å². The zero-order valence-corrected chi connectivity index (χ0v) is 12.1. The van der Waals surface area contributed by atoms with Crippen molar-refractivity contribution in [2.45, 2.75) is 0 Å². The first-order chi connectivity index (χ1) is 10.3. The summed E-state index contributed by atoms with van der Waals surface area (Å²) < 4.78 is 11.6. The molecule has 0 aliphatic rings. The monoisotopic (exact) mass is 342 g/mol. The Morgan fingerprint density at radius 3 is 2.10 bits per heavy atom. The lowest BCUT2D eigenvalue weighted by Gasteiger charge is -2.08. The molecule has 0 fully saturated rings. The number of fused-ring (bicyclic) bond motifs is 1. The summed E-state index contributed by atoms with van der Waals surface area (Å²) in [6, 6.07) is 9.71. The van der Waals surface area contributed by atoms with Crippen molar-refractivity contribution in [3.63, 3.8) is 0 Å². The van der Waals surface area contributed by atoms with Crippen LogP contribution in [0.3, 0.4) is 0 Å². The van der Waals surface area contributed by atoms with Crippen molar-refractivity contribution in [3.8, 4) is 22.9 Å². The molecule has 2 aromatic heterocycles. The maximum absolute atomic E-state index is 5.34. The van der Waals surface area contributed by atoms with Crippen LogP contribution in [0.5, 0.6) is 0 Å². The first kappa shape index (κ1) is 12.2. The fourth-order valence-corrected chi connectivity index (χ4v) is 2.77. The molecule has 2 heterocycles. The molecule has 0 saturated heterocycles. The van der Waals surface area contributed by atoms with E-state index in [1.165, 1.54) is 12.8 Å². The van der Waals surface area contributed by atoms with Crippen molar-refractivity contribution in [3.05, 3.63) is 47.6 Å². The average Bonchev–Trinajstić information content (AvgIpc) is 3.21. The lowest BCUT2D eigenvalue weighted by molar-refractivity contribution is 0.568. The predicted octanol–water partition coefficient (Wildman–Crippen LogP) is 3.70. The van der Waals surface area contributed by atoms with Crippen molar-refractivity contribution < 1.29 is 8.83 Å². The highest BCUT2D eigenvalue weighted by Crippen LogP contribution is 2.38.